The van der Waals surface area contributed by atoms with E-state index in [-0.39, 0.29) is 46.5 Å². The van der Waals surface area contributed by atoms with Crippen LogP contribution in [0.2, 0.25) is 0 Å². The molecule has 0 nitrogen and oxygen atoms in total. The molecule has 0 N–H and O–H groups in total. The Kier molecular flexibility index (Phi) is 14.5. The summed E-state index contributed by atoms with van der Waals surface area (Å²) in [4.78, 5) is 0. The Labute approximate surface area is 379 Å². The van der Waals surface area contributed by atoms with Gasteiger partial charge < -0.3 is 24.8 Å². The van der Waals surface area contributed by atoms with Gasteiger partial charge in [0.25, 0.3) is 0 Å². The fraction of sp³-hybridized carbons (Fsp3) is 0.382. The molecule has 5 aromatic rings. The van der Waals surface area contributed by atoms with E-state index in [1.165, 1.54) is 105 Å². The zero-order valence-electron chi connectivity index (χ0n) is 37.6. The largest absolute Gasteiger partial charge is 1.00 e. The van der Waals surface area contributed by atoms with Gasteiger partial charge in [-0.1, -0.05) is 96.9 Å². The first-order valence-electron chi connectivity index (χ1n) is 20.7. The van der Waals surface area contributed by atoms with E-state index in [2.05, 4.69) is 212 Å². The van der Waals surface area contributed by atoms with Gasteiger partial charge in [0.15, 0.2) is 0 Å². The predicted molar refractivity (Wildman–Crippen MR) is 241 cm³/mol. The Morgan fingerprint density at radius 3 is 1.53 bits per heavy atom. The molecule has 58 heavy (non-hydrogen) atoms. The quantitative estimate of drug-likeness (QED) is 0.157. The number of rotatable bonds is 3. The van der Waals surface area contributed by atoms with Gasteiger partial charge in [-0.05, 0) is 45.9 Å². The van der Waals surface area contributed by atoms with E-state index in [0.717, 1.165) is 12.8 Å². The normalized spacial score (nSPS) is 15.0. The molecule has 0 fully saturated rings. The summed E-state index contributed by atoms with van der Waals surface area (Å²) in [5.74, 6) is 0. The van der Waals surface area contributed by atoms with Crippen LogP contribution >= 0.6 is 0 Å². The summed E-state index contributed by atoms with van der Waals surface area (Å²) in [7, 11) is 0. The van der Waals surface area contributed by atoms with Crippen LogP contribution in [0.5, 0.6) is 0 Å². The van der Waals surface area contributed by atoms with Gasteiger partial charge in [-0.15, -0.1) is 11.6 Å². The zero-order chi connectivity index (χ0) is 41.0. The van der Waals surface area contributed by atoms with Crippen LogP contribution in [0.3, 0.4) is 0 Å². The van der Waals surface area contributed by atoms with Crippen molar-refractivity contribution in [2.24, 2.45) is 0 Å². The van der Waals surface area contributed by atoms with E-state index in [1.54, 1.807) is 0 Å². The van der Waals surface area contributed by atoms with E-state index in [0.29, 0.717) is 5.41 Å². The van der Waals surface area contributed by atoms with Crippen LogP contribution in [0.4, 0.5) is 0 Å². The number of benzene rings is 4. The number of hydrogen-bond acceptors (Lipinski definition) is 0. The van der Waals surface area contributed by atoms with Gasteiger partial charge in [-0.2, -0.15) is 28.8 Å². The molecule has 0 saturated carbocycles. The smallest absolute Gasteiger partial charge is 0.00846 e. The Balaban J connectivity index is 0.000000201. The summed E-state index contributed by atoms with van der Waals surface area (Å²) in [6.45, 7) is 31.6. The van der Waals surface area contributed by atoms with Crippen molar-refractivity contribution in [3.8, 4) is 11.1 Å². The third-order valence-electron chi connectivity index (χ3n) is 12.0. The van der Waals surface area contributed by atoms with Gasteiger partial charge in [-0.3, -0.25) is 6.08 Å². The SMILES string of the molecule is CC(C)(C)c1ccc([C](=[Zr+2])c2ccc(C(C)(C)C)cc2)cc1.CC1(C)[C-]=Cc2cc3c(cc21)Cc1cc2c(cc1-3)C=CC2(C)C.CCc1cc(C(C)(C)C)c[cH-]1.[Cl-].[Cl-]. The maximum Gasteiger partial charge on any atom is 0.00846 e. The minimum absolute atomic E-state index is 0. The van der Waals surface area contributed by atoms with Crippen LogP contribution in [0, 0.1) is 6.08 Å². The van der Waals surface area contributed by atoms with E-state index in [4.69, 9.17) is 0 Å². The Bertz CT molecular complexity index is 2160. The summed E-state index contributed by atoms with van der Waals surface area (Å²) in [6, 6.07) is 34.6. The Morgan fingerprint density at radius 2 is 1.10 bits per heavy atom. The van der Waals surface area contributed by atoms with Crippen molar-refractivity contribution in [2.75, 3.05) is 0 Å². The summed E-state index contributed by atoms with van der Waals surface area (Å²) in [5.41, 5.74) is 20.8. The summed E-state index contributed by atoms with van der Waals surface area (Å²) >= 11 is 1.46. The van der Waals surface area contributed by atoms with Crippen molar-refractivity contribution in [3.63, 3.8) is 0 Å². The Hall–Kier alpha value is -2.96. The Morgan fingerprint density at radius 1 is 0.638 bits per heavy atom. The number of halogens is 2. The predicted octanol–water partition coefficient (Wildman–Crippen LogP) is 8.34. The monoisotopic (exact) mass is 884 g/mol. The maximum atomic E-state index is 3.50. The first-order valence-corrected chi connectivity index (χ1v) is 21.9. The van der Waals surface area contributed by atoms with Gasteiger partial charge in [0.1, 0.15) is 0 Å². The molecule has 0 bridgehead atoms. The van der Waals surface area contributed by atoms with Crippen molar-refractivity contribution >= 4 is 15.4 Å². The molecular weight excluding hydrogens is 823 g/mol. The number of aryl methyl sites for hydroxylation is 1. The first-order chi connectivity index (χ1) is 26.0. The number of hydrogen-bond donors (Lipinski definition) is 0. The minimum Gasteiger partial charge on any atom is -1.00 e. The second kappa shape index (κ2) is 17.6. The molecule has 0 heterocycles. The molecule has 8 rings (SSSR count). The van der Waals surface area contributed by atoms with Gasteiger partial charge in [-0.25, -0.2) is 12.1 Å². The van der Waals surface area contributed by atoms with Gasteiger partial charge in [0.2, 0.25) is 0 Å². The molecule has 3 heteroatoms. The zero-order valence-corrected chi connectivity index (χ0v) is 41.5. The van der Waals surface area contributed by atoms with Crippen LogP contribution in [0.15, 0.2) is 97.1 Å². The molecule has 3 aliphatic rings. The van der Waals surface area contributed by atoms with Crippen molar-refractivity contribution < 1.29 is 49.0 Å². The van der Waals surface area contributed by atoms with E-state index in [1.807, 2.05) is 0 Å². The second-order valence-electron chi connectivity index (χ2n) is 20.5. The second-order valence-corrected chi connectivity index (χ2v) is 21.7. The van der Waals surface area contributed by atoms with E-state index >= 15 is 0 Å². The molecule has 3 aliphatic carbocycles. The number of fused-ring (bicyclic) bond motifs is 5. The van der Waals surface area contributed by atoms with Crippen molar-refractivity contribution in [1.29, 1.82) is 0 Å². The molecule has 5 aromatic carbocycles. The molecular formula is C55H64Cl2Zr-2. The van der Waals surface area contributed by atoms with E-state index < -0.39 is 0 Å². The van der Waals surface area contributed by atoms with Crippen LogP contribution < -0.4 is 24.8 Å². The summed E-state index contributed by atoms with van der Waals surface area (Å²) in [5, 5.41) is 0. The van der Waals surface area contributed by atoms with Gasteiger partial charge in [0.05, 0.1) is 0 Å². The average Bonchev–Trinajstić information content (AvgIpc) is 3.90. The first kappa shape index (κ1) is 47.7. The molecule has 0 aromatic heterocycles. The minimum atomic E-state index is 0. The van der Waals surface area contributed by atoms with Crippen LogP contribution in [-0.2, 0) is 64.2 Å². The molecule has 0 unspecified atom stereocenters. The maximum absolute atomic E-state index is 3.50. The van der Waals surface area contributed by atoms with Crippen molar-refractivity contribution in [1.82, 2.24) is 0 Å². The van der Waals surface area contributed by atoms with Crippen LogP contribution in [0.25, 0.3) is 23.3 Å². The third kappa shape index (κ3) is 10.3. The summed E-state index contributed by atoms with van der Waals surface area (Å²) in [6.07, 6.45) is 12.5. The fourth-order valence-electron chi connectivity index (χ4n) is 8.02. The molecule has 0 atom stereocenters. The molecule has 0 amide bonds. The van der Waals surface area contributed by atoms with E-state index in [9.17, 15) is 0 Å². The molecule has 0 aliphatic heterocycles. The fourth-order valence-corrected chi connectivity index (χ4v) is 8.84. The van der Waals surface area contributed by atoms with Gasteiger partial charge in [0, 0.05) is 5.41 Å². The molecule has 0 saturated heterocycles. The molecule has 0 radical (unpaired) electrons. The molecule has 304 valence electrons. The number of allylic oxidation sites excluding steroid dienone is 2. The van der Waals surface area contributed by atoms with Gasteiger partial charge >= 0.3 is 151 Å². The van der Waals surface area contributed by atoms with Crippen molar-refractivity contribution in [3.05, 3.63) is 170 Å². The average molecular weight is 887 g/mol. The third-order valence-corrected chi connectivity index (χ3v) is 13.4. The topological polar surface area (TPSA) is 0 Å². The standard InChI is InChI=1S/C23H21.C21H26.C11H17.2ClH.Zr/c1-22(2)7-5-14-10-18-16(12-20(14)22)9-17-13-21-15(11-19(17)18)6-8-23(21,3)4;1-20(2,3)18-11-7-16(8-12-18)15-17-9-13-19(14-10-17)21(4,5)6;1-5-9-6-7-10(8-9)11(2,3)4;;;/h5-7,10-13H,9H2,1-4H3;7-14H,1-6H3;6-8H,5H2,1-4H3;2*1H;/q-1;;-1;;;+2/p-2. The summed E-state index contributed by atoms with van der Waals surface area (Å²) < 4.78 is 1.42. The van der Waals surface area contributed by atoms with Crippen LogP contribution in [-0.4, -0.2) is 3.21 Å². The molecule has 0 spiro atoms. The van der Waals surface area contributed by atoms with Crippen molar-refractivity contribution in [2.45, 2.75) is 137 Å². The van der Waals surface area contributed by atoms with Crippen LogP contribution in [0.1, 0.15) is 164 Å².